The summed E-state index contributed by atoms with van der Waals surface area (Å²) >= 11 is 0. The summed E-state index contributed by atoms with van der Waals surface area (Å²) < 4.78 is 5.91. The molecule has 1 unspecified atom stereocenters. The summed E-state index contributed by atoms with van der Waals surface area (Å²) in [5.41, 5.74) is 0.991. The third-order valence-electron chi connectivity index (χ3n) is 3.96. The van der Waals surface area contributed by atoms with Gasteiger partial charge in [-0.3, -0.25) is 0 Å². The molecule has 0 spiro atoms. The molecule has 1 aliphatic rings. The van der Waals surface area contributed by atoms with Crippen molar-refractivity contribution < 1.29 is 4.42 Å². The summed E-state index contributed by atoms with van der Waals surface area (Å²) in [5, 5.41) is 4.90. The number of furan rings is 1. The zero-order chi connectivity index (χ0) is 12.4. The highest BCUT2D eigenvalue weighted by Crippen LogP contribution is 2.26. The van der Waals surface area contributed by atoms with Gasteiger partial charge in [-0.15, -0.1) is 0 Å². The fourth-order valence-corrected chi connectivity index (χ4v) is 2.92. The summed E-state index contributed by atoms with van der Waals surface area (Å²) in [6, 6.07) is 11.4. The second kappa shape index (κ2) is 5.15. The van der Waals surface area contributed by atoms with Gasteiger partial charge in [-0.1, -0.05) is 37.5 Å². The van der Waals surface area contributed by atoms with E-state index in [1.807, 2.05) is 12.1 Å². The smallest absolute Gasteiger partial charge is 0.134 e. The van der Waals surface area contributed by atoms with Gasteiger partial charge >= 0.3 is 0 Å². The Morgan fingerprint density at radius 1 is 1.17 bits per heavy atom. The molecule has 1 saturated carbocycles. The molecule has 2 nitrogen and oxygen atoms in total. The van der Waals surface area contributed by atoms with Crippen molar-refractivity contribution in [2.75, 3.05) is 0 Å². The molecule has 0 radical (unpaired) electrons. The van der Waals surface area contributed by atoms with Crippen molar-refractivity contribution in [2.24, 2.45) is 0 Å². The van der Waals surface area contributed by atoms with Crippen LogP contribution >= 0.6 is 0 Å². The van der Waals surface area contributed by atoms with E-state index < -0.39 is 0 Å². The maximum atomic E-state index is 5.91. The summed E-state index contributed by atoms with van der Waals surface area (Å²) in [6.45, 7) is 2.20. The molecule has 1 aliphatic carbocycles. The average Bonchev–Trinajstić information content (AvgIpc) is 2.84. The van der Waals surface area contributed by atoms with Crippen LogP contribution < -0.4 is 5.32 Å². The van der Waals surface area contributed by atoms with E-state index in [2.05, 4.69) is 30.4 Å². The summed E-state index contributed by atoms with van der Waals surface area (Å²) in [4.78, 5) is 0. The molecule has 1 fully saturated rings. The highest BCUT2D eigenvalue weighted by molar-refractivity contribution is 5.77. The van der Waals surface area contributed by atoms with Crippen LogP contribution in [-0.2, 0) is 0 Å². The predicted octanol–water partition coefficient (Wildman–Crippen LogP) is 4.42. The second-order valence-corrected chi connectivity index (χ2v) is 5.41. The van der Waals surface area contributed by atoms with Crippen molar-refractivity contribution in [3.05, 3.63) is 36.1 Å². The van der Waals surface area contributed by atoms with Crippen molar-refractivity contribution in [1.82, 2.24) is 5.32 Å². The van der Waals surface area contributed by atoms with Crippen LogP contribution in [0.3, 0.4) is 0 Å². The SMILES string of the molecule is CC(NC1CCCCC1)c1cc2ccccc2o1. The first-order chi connectivity index (χ1) is 8.83. The molecule has 0 amide bonds. The Balaban J connectivity index is 1.72. The molecule has 0 aliphatic heterocycles. The van der Waals surface area contributed by atoms with Crippen molar-refractivity contribution in [3.8, 4) is 0 Å². The Morgan fingerprint density at radius 2 is 1.94 bits per heavy atom. The van der Waals surface area contributed by atoms with Gasteiger partial charge in [0.2, 0.25) is 0 Å². The number of benzene rings is 1. The maximum Gasteiger partial charge on any atom is 0.134 e. The zero-order valence-corrected chi connectivity index (χ0v) is 11.0. The van der Waals surface area contributed by atoms with Gasteiger partial charge in [0.05, 0.1) is 6.04 Å². The number of nitrogens with one attached hydrogen (secondary N) is 1. The quantitative estimate of drug-likeness (QED) is 0.863. The Labute approximate surface area is 108 Å². The van der Waals surface area contributed by atoms with Crippen LogP contribution in [0.5, 0.6) is 0 Å². The molecule has 1 heterocycles. The van der Waals surface area contributed by atoms with Crippen LogP contribution in [0.25, 0.3) is 11.0 Å². The largest absolute Gasteiger partial charge is 0.459 e. The van der Waals surface area contributed by atoms with Crippen molar-refractivity contribution in [3.63, 3.8) is 0 Å². The molecule has 2 heteroatoms. The molecule has 1 aromatic heterocycles. The van der Waals surface area contributed by atoms with Crippen LogP contribution in [0.4, 0.5) is 0 Å². The highest BCUT2D eigenvalue weighted by atomic mass is 16.3. The number of rotatable bonds is 3. The van der Waals surface area contributed by atoms with E-state index in [9.17, 15) is 0 Å². The van der Waals surface area contributed by atoms with Crippen LogP contribution in [0.15, 0.2) is 34.7 Å². The van der Waals surface area contributed by atoms with E-state index in [0.29, 0.717) is 12.1 Å². The Hall–Kier alpha value is -1.28. The lowest BCUT2D eigenvalue weighted by molar-refractivity contribution is 0.327. The summed E-state index contributed by atoms with van der Waals surface area (Å²) in [6.07, 6.45) is 6.75. The minimum absolute atomic E-state index is 0.306. The average molecular weight is 243 g/mol. The third kappa shape index (κ3) is 2.44. The van der Waals surface area contributed by atoms with Crippen LogP contribution in [0.1, 0.15) is 50.8 Å². The molecule has 0 saturated heterocycles. The first-order valence-electron chi connectivity index (χ1n) is 7.07. The lowest BCUT2D eigenvalue weighted by Gasteiger charge is -2.25. The van der Waals surface area contributed by atoms with E-state index >= 15 is 0 Å². The first-order valence-corrected chi connectivity index (χ1v) is 7.07. The van der Waals surface area contributed by atoms with Gasteiger partial charge in [0, 0.05) is 11.4 Å². The summed E-state index contributed by atoms with van der Waals surface area (Å²) in [5.74, 6) is 1.06. The third-order valence-corrected chi connectivity index (χ3v) is 3.96. The minimum Gasteiger partial charge on any atom is -0.459 e. The monoisotopic (exact) mass is 243 g/mol. The molecule has 3 rings (SSSR count). The maximum absolute atomic E-state index is 5.91. The van der Waals surface area contributed by atoms with Crippen molar-refractivity contribution >= 4 is 11.0 Å². The minimum atomic E-state index is 0.306. The standard InChI is InChI=1S/C16H21NO/c1-12(17-14-8-3-2-4-9-14)16-11-13-7-5-6-10-15(13)18-16/h5-7,10-12,14,17H,2-4,8-9H2,1H3. The Kier molecular flexibility index (Phi) is 3.37. The van der Waals surface area contributed by atoms with Crippen molar-refractivity contribution in [1.29, 1.82) is 0 Å². The number of fused-ring (bicyclic) bond motifs is 1. The molecule has 1 N–H and O–H groups in total. The number of hydrogen-bond acceptors (Lipinski definition) is 2. The molecule has 0 bridgehead atoms. The Bertz CT molecular complexity index is 478. The van der Waals surface area contributed by atoms with E-state index in [4.69, 9.17) is 4.42 Å². The molecule has 18 heavy (non-hydrogen) atoms. The Morgan fingerprint density at radius 3 is 2.72 bits per heavy atom. The predicted molar refractivity (Wildman–Crippen MR) is 74.6 cm³/mol. The highest BCUT2D eigenvalue weighted by Gasteiger charge is 2.18. The normalized spacial score (nSPS) is 19.2. The van der Waals surface area contributed by atoms with Gasteiger partial charge in [0.25, 0.3) is 0 Å². The second-order valence-electron chi connectivity index (χ2n) is 5.41. The lowest BCUT2D eigenvalue weighted by Crippen LogP contribution is -2.32. The van der Waals surface area contributed by atoms with Crippen LogP contribution in [-0.4, -0.2) is 6.04 Å². The topological polar surface area (TPSA) is 25.2 Å². The molecule has 96 valence electrons. The molecule has 1 atom stereocenters. The fraction of sp³-hybridized carbons (Fsp3) is 0.500. The molecule has 1 aromatic carbocycles. The van der Waals surface area contributed by atoms with Crippen LogP contribution in [0.2, 0.25) is 0 Å². The van der Waals surface area contributed by atoms with E-state index in [-0.39, 0.29) is 0 Å². The van der Waals surface area contributed by atoms with Gasteiger partial charge in [-0.2, -0.15) is 0 Å². The van der Waals surface area contributed by atoms with E-state index in [1.165, 1.54) is 37.5 Å². The van der Waals surface area contributed by atoms with Gasteiger partial charge in [-0.25, -0.2) is 0 Å². The van der Waals surface area contributed by atoms with Crippen LogP contribution in [0, 0.1) is 0 Å². The molecular formula is C16H21NO. The van der Waals surface area contributed by atoms with Gasteiger partial charge in [-0.05, 0) is 31.9 Å². The van der Waals surface area contributed by atoms with E-state index in [1.54, 1.807) is 0 Å². The van der Waals surface area contributed by atoms with E-state index in [0.717, 1.165) is 11.3 Å². The first kappa shape index (κ1) is 11.8. The molecule has 2 aromatic rings. The van der Waals surface area contributed by atoms with Gasteiger partial charge in [0.15, 0.2) is 0 Å². The summed E-state index contributed by atoms with van der Waals surface area (Å²) in [7, 11) is 0. The zero-order valence-electron chi connectivity index (χ0n) is 11.0. The lowest BCUT2D eigenvalue weighted by atomic mass is 9.95. The van der Waals surface area contributed by atoms with Gasteiger partial charge in [0.1, 0.15) is 11.3 Å². The number of hydrogen-bond donors (Lipinski definition) is 1. The molecular weight excluding hydrogens is 222 g/mol. The number of para-hydroxylation sites is 1. The van der Waals surface area contributed by atoms with Gasteiger partial charge < -0.3 is 9.73 Å². The van der Waals surface area contributed by atoms with Crippen molar-refractivity contribution in [2.45, 2.75) is 51.1 Å². The fourth-order valence-electron chi connectivity index (χ4n) is 2.92.